The van der Waals surface area contributed by atoms with Gasteiger partial charge < -0.3 is 18.8 Å². The van der Waals surface area contributed by atoms with Gasteiger partial charge in [0.05, 0.1) is 17.6 Å². The lowest BCUT2D eigenvalue weighted by atomic mass is 10.1. The minimum absolute atomic E-state index is 0.107. The van der Waals surface area contributed by atoms with Crippen molar-refractivity contribution < 1.29 is 18.7 Å². The van der Waals surface area contributed by atoms with Crippen molar-refractivity contribution in [2.75, 3.05) is 32.8 Å². The van der Waals surface area contributed by atoms with E-state index in [1.54, 1.807) is 18.2 Å². The Morgan fingerprint density at radius 1 is 1.06 bits per heavy atom. The SMILES string of the molecule is CCOc1c(C2CC2c2ccccc2)oc2ccc(C(=O)OCCN(CC)CC)cc2c1=O. The second-order valence-electron chi connectivity index (χ2n) is 8.29. The van der Waals surface area contributed by atoms with E-state index in [2.05, 4.69) is 30.9 Å². The lowest BCUT2D eigenvalue weighted by Gasteiger charge is -2.17. The quantitative estimate of drug-likeness (QED) is 0.408. The number of likely N-dealkylation sites (N-methyl/N-ethyl adjacent to an activating group) is 1. The molecule has 6 nitrogen and oxygen atoms in total. The van der Waals surface area contributed by atoms with Crippen LogP contribution < -0.4 is 10.2 Å². The van der Waals surface area contributed by atoms with Crippen LogP contribution >= 0.6 is 0 Å². The first-order chi connectivity index (χ1) is 16.1. The van der Waals surface area contributed by atoms with Crippen molar-refractivity contribution in [2.24, 2.45) is 0 Å². The lowest BCUT2D eigenvalue weighted by molar-refractivity contribution is 0.0466. The summed E-state index contributed by atoms with van der Waals surface area (Å²) in [5.74, 6) is 0.817. The molecule has 33 heavy (non-hydrogen) atoms. The number of nitrogens with zero attached hydrogens (tertiary/aromatic N) is 1. The molecular formula is C27H31NO5. The van der Waals surface area contributed by atoms with Gasteiger partial charge in [-0.25, -0.2) is 4.79 Å². The van der Waals surface area contributed by atoms with Crippen LogP contribution in [0.4, 0.5) is 0 Å². The molecule has 2 atom stereocenters. The highest BCUT2D eigenvalue weighted by molar-refractivity contribution is 5.94. The predicted octanol–water partition coefficient (Wildman–Crippen LogP) is 4.96. The Labute approximate surface area is 194 Å². The molecule has 1 aliphatic rings. The van der Waals surface area contributed by atoms with Gasteiger partial charge in [-0.3, -0.25) is 4.79 Å². The van der Waals surface area contributed by atoms with Crippen LogP contribution in [0.25, 0.3) is 11.0 Å². The van der Waals surface area contributed by atoms with E-state index in [4.69, 9.17) is 13.9 Å². The molecule has 1 saturated carbocycles. The molecule has 0 N–H and O–H groups in total. The maximum absolute atomic E-state index is 13.3. The van der Waals surface area contributed by atoms with E-state index in [1.165, 1.54) is 5.56 Å². The van der Waals surface area contributed by atoms with Crippen LogP contribution in [0.2, 0.25) is 0 Å². The van der Waals surface area contributed by atoms with E-state index in [-0.39, 0.29) is 17.1 Å². The highest BCUT2D eigenvalue weighted by atomic mass is 16.5. The van der Waals surface area contributed by atoms with Gasteiger partial charge in [-0.2, -0.15) is 0 Å². The van der Waals surface area contributed by atoms with Gasteiger partial charge in [-0.05, 0) is 56.1 Å². The Morgan fingerprint density at radius 3 is 2.52 bits per heavy atom. The highest BCUT2D eigenvalue weighted by Crippen LogP contribution is 2.56. The number of carbonyl (C=O) groups is 1. The lowest BCUT2D eigenvalue weighted by Crippen LogP contribution is -2.27. The van der Waals surface area contributed by atoms with Crippen molar-refractivity contribution in [3.63, 3.8) is 0 Å². The highest BCUT2D eigenvalue weighted by Gasteiger charge is 2.44. The van der Waals surface area contributed by atoms with Crippen molar-refractivity contribution in [1.29, 1.82) is 0 Å². The number of carbonyl (C=O) groups excluding carboxylic acids is 1. The smallest absolute Gasteiger partial charge is 0.338 e. The monoisotopic (exact) mass is 449 g/mol. The zero-order chi connectivity index (χ0) is 23.4. The van der Waals surface area contributed by atoms with Gasteiger partial charge in [-0.15, -0.1) is 0 Å². The van der Waals surface area contributed by atoms with Gasteiger partial charge in [0.15, 0.2) is 5.76 Å². The fourth-order valence-corrected chi connectivity index (χ4v) is 4.29. The van der Waals surface area contributed by atoms with Crippen molar-refractivity contribution in [3.8, 4) is 5.75 Å². The second kappa shape index (κ2) is 10.2. The molecule has 4 rings (SSSR count). The molecule has 2 aromatic carbocycles. The largest absolute Gasteiger partial charge is 0.487 e. The summed E-state index contributed by atoms with van der Waals surface area (Å²) in [4.78, 5) is 28.1. The van der Waals surface area contributed by atoms with Gasteiger partial charge in [0.25, 0.3) is 0 Å². The predicted molar refractivity (Wildman–Crippen MR) is 128 cm³/mol. The summed E-state index contributed by atoms with van der Waals surface area (Å²) in [6.45, 7) is 9.13. The van der Waals surface area contributed by atoms with Crippen LogP contribution in [0.5, 0.6) is 5.75 Å². The molecule has 6 heteroatoms. The molecule has 0 aliphatic heterocycles. The zero-order valence-electron chi connectivity index (χ0n) is 19.5. The third-order valence-corrected chi connectivity index (χ3v) is 6.29. The average molecular weight is 450 g/mol. The van der Waals surface area contributed by atoms with Crippen LogP contribution in [-0.4, -0.2) is 43.7 Å². The topological polar surface area (TPSA) is 69.0 Å². The minimum atomic E-state index is -0.447. The van der Waals surface area contributed by atoms with E-state index in [9.17, 15) is 9.59 Å². The molecule has 3 aromatic rings. The molecule has 0 spiro atoms. The van der Waals surface area contributed by atoms with E-state index in [1.807, 2.05) is 25.1 Å². The number of fused-ring (bicyclic) bond motifs is 1. The summed E-state index contributed by atoms with van der Waals surface area (Å²) >= 11 is 0. The minimum Gasteiger partial charge on any atom is -0.487 e. The van der Waals surface area contributed by atoms with Crippen LogP contribution in [0.1, 0.15) is 60.7 Å². The fraction of sp³-hybridized carbons (Fsp3) is 0.407. The normalized spacial score (nSPS) is 17.3. The van der Waals surface area contributed by atoms with E-state index < -0.39 is 5.97 Å². The summed E-state index contributed by atoms with van der Waals surface area (Å²) in [5.41, 5.74) is 1.77. The molecule has 0 radical (unpaired) electrons. The molecular weight excluding hydrogens is 418 g/mol. The zero-order valence-corrected chi connectivity index (χ0v) is 19.5. The van der Waals surface area contributed by atoms with E-state index in [0.29, 0.717) is 48.0 Å². The molecule has 2 unspecified atom stereocenters. The Balaban J connectivity index is 1.59. The molecule has 0 bridgehead atoms. The standard InChI is InChI=1S/C27H31NO5/c1-4-28(5-2)14-15-32-27(30)19-12-13-23-22(16-19)24(29)26(31-6-3)25(33-23)21-17-20(21)18-10-8-7-9-11-18/h7-13,16,20-21H,4-6,14-15,17H2,1-3H3. The Morgan fingerprint density at radius 2 is 1.82 bits per heavy atom. The summed E-state index contributed by atoms with van der Waals surface area (Å²) in [7, 11) is 0. The summed E-state index contributed by atoms with van der Waals surface area (Å²) in [6.07, 6.45) is 0.912. The first-order valence-electron chi connectivity index (χ1n) is 11.7. The maximum atomic E-state index is 13.3. The van der Waals surface area contributed by atoms with E-state index in [0.717, 1.165) is 19.5 Å². The number of hydrogen-bond acceptors (Lipinski definition) is 6. The van der Waals surface area contributed by atoms with Crippen molar-refractivity contribution >= 4 is 16.9 Å². The molecule has 1 heterocycles. The number of ether oxygens (including phenoxy) is 2. The Bertz CT molecular complexity index is 1170. The van der Waals surface area contributed by atoms with Crippen molar-refractivity contribution in [3.05, 3.63) is 75.6 Å². The number of rotatable bonds is 10. The first-order valence-corrected chi connectivity index (χ1v) is 11.7. The van der Waals surface area contributed by atoms with E-state index >= 15 is 0 Å². The van der Waals surface area contributed by atoms with Crippen molar-refractivity contribution in [1.82, 2.24) is 4.90 Å². The van der Waals surface area contributed by atoms with Gasteiger partial charge in [0.1, 0.15) is 12.2 Å². The number of hydrogen-bond donors (Lipinski definition) is 0. The number of benzene rings is 2. The summed E-state index contributed by atoms with van der Waals surface area (Å²) in [5, 5.41) is 0.331. The van der Waals surface area contributed by atoms with Gasteiger partial charge in [0.2, 0.25) is 11.2 Å². The molecule has 1 aromatic heterocycles. The van der Waals surface area contributed by atoms with Crippen LogP contribution in [0.3, 0.4) is 0 Å². The van der Waals surface area contributed by atoms with Crippen LogP contribution in [0.15, 0.2) is 57.7 Å². The van der Waals surface area contributed by atoms with Gasteiger partial charge in [-0.1, -0.05) is 44.2 Å². The first kappa shape index (κ1) is 23.1. The maximum Gasteiger partial charge on any atom is 0.338 e. The third kappa shape index (κ3) is 4.96. The Hall–Kier alpha value is -3.12. The van der Waals surface area contributed by atoms with Gasteiger partial charge in [0, 0.05) is 12.5 Å². The molecule has 1 fully saturated rings. The van der Waals surface area contributed by atoms with Crippen LogP contribution in [-0.2, 0) is 4.74 Å². The van der Waals surface area contributed by atoms with Crippen LogP contribution in [0, 0.1) is 0 Å². The fourth-order valence-electron chi connectivity index (χ4n) is 4.29. The molecule has 1 aliphatic carbocycles. The third-order valence-electron chi connectivity index (χ3n) is 6.29. The molecule has 174 valence electrons. The summed E-state index contributed by atoms with van der Waals surface area (Å²) in [6, 6.07) is 15.1. The summed E-state index contributed by atoms with van der Waals surface area (Å²) < 4.78 is 17.4. The second-order valence-corrected chi connectivity index (χ2v) is 8.29. The Kier molecular flexibility index (Phi) is 7.14. The average Bonchev–Trinajstić information content (AvgIpc) is 3.64. The number of esters is 1. The molecule has 0 saturated heterocycles. The van der Waals surface area contributed by atoms with Crippen molar-refractivity contribution in [2.45, 2.75) is 39.0 Å². The van der Waals surface area contributed by atoms with Gasteiger partial charge >= 0.3 is 5.97 Å². The molecule has 0 amide bonds.